The molecule has 63 heavy (non-hydrogen) atoms. The van der Waals surface area contributed by atoms with Crippen molar-refractivity contribution in [3.05, 3.63) is 36.5 Å². The zero-order valence-electron chi connectivity index (χ0n) is 42.9. The van der Waals surface area contributed by atoms with Gasteiger partial charge in [0.05, 0.1) is 18.8 Å². The number of hydrogen-bond donors (Lipinski definition) is 3. The van der Waals surface area contributed by atoms with Crippen LogP contribution in [-0.4, -0.2) is 34.9 Å². The minimum absolute atomic E-state index is 0.0719. The number of aliphatic hydroxyl groups is 2. The first-order valence-corrected chi connectivity index (χ1v) is 28.7. The van der Waals surface area contributed by atoms with Crippen LogP contribution in [0.4, 0.5) is 0 Å². The van der Waals surface area contributed by atoms with Gasteiger partial charge in [-0.1, -0.05) is 301 Å². The van der Waals surface area contributed by atoms with Crippen LogP contribution in [0.1, 0.15) is 316 Å². The highest BCUT2D eigenvalue weighted by molar-refractivity contribution is 5.76. The Balaban J connectivity index is 3.53. The first-order valence-electron chi connectivity index (χ1n) is 28.7. The van der Waals surface area contributed by atoms with Gasteiger partial charge in [-0.25, -0.2) is 0 Å². The Hall–Kier alpha value is -1.39. The van der Waals surface area contributed by atoms with Gasteiger partial charge in [0.25, 0.3) is 0 Å². The largest absolute Gasteiger partial charge is 0.394 e. The highest BCUT2D eigenvalue weighted by Gasteiger charge is 2.18. The van der Waals surface area contributed by atoms with E-state index in [-0.39, 0.29) is 12.5 Å². The zero-order valence-corrected chi connectivity index (χ0v) is 42.9. The van der Waals surface area contributed by atoms with Crippen molar-refractivity contribution in [1.82, 2.24) is 5.32 Å². The highest BCUT2D eigenvalue weighted by atomic mass is 16.3. The summed E-state index contributed by atoms with van der Waals surface area (Å²) in [6.45, 7) is 4.33. The molecule has 0 rings (SSSR count). The van der Waals surface area contributed by atoms with E-state index in [0.717, 1.165) is 38.5 Å². The molecule has 0 saturated carbocycles. The van der Waals surface area contributed by atoms with Gasteiger partial charge in [0, 0.05) is 6.42 Å². The van der Waals surface area contributed by atoms with E-state index in [9.17, 15) is 15.0 Å². The number of unbranched alkanes of at least 4 members (excludes halogenated alkanes) is 42. The molecule has 0 spiro atoms. The molecular weight excluding hydrogens is 771 g/mol. The molecule has 0 aliphatic heterocycles. The summed E-state index contributed by atoms with van der Waals surface area (Å²) in [5.41, 5.74) is 0. The van der Waals surface area contributed by atoms with Gasteiger partial charge in [0.2, 0.25) is 5.91 Å². The summed E-state index contributed by atoms with van der Waals surface area (Å²) in [5, 5.41) is 23.1. The van der Waals surface area contributed by atoms with Crippen LogP contribution >= 0.6 is 0 Å². The van der Waals surface area contributed by atoms with Crippen molar-refractivity contribution < 1.29 is 15.0 Å². The fourth-order valence-electron chi connectivity index (χ4n) is 8.98. The Morgan fingerprint density at radius 3 is 0.921 bits per heavy atom. The van der Waals surface area contributed by atoms with E-state index in [2.05, 4.69) is 43.5 Å². The van der Waals surface area contributed by atoms with E-state index in [4.69, 9.17) is 0 Å². The monoisotopic (exact) mass is 884 g/mol. The van der Waals surface area contributed by atoms with Crippen molar-refractivity contribution in [1.29, 1.82) is 0 Å². The van der Waals surface area contributed by atoms with Crippen molar-refractivity contribution in [2.75, 3.05) is 6.61 Å². The molecule has 0 aliphatic carbocycles. The number of rotatable bonds is 53. The third-order valence-corrected chi connectivity index (χ3v) is 13.4. The molecule has 0 radical (unpaired) electrons. The number of amides is 1. The number of carbonyl (C=O) groups excluding carboxylic acids is 1. The summed E-state index contributed by atoms with van der Waals surface area (Å²) < 4.78 is 0. The molecule has 4 heteroatoms. The number of aliphatic hydroxyl groups excluding tert-OH is 2. The predicted octanol–water partition coefficient (Wildman–Crippen LogP) is 18.9. The molecule has 0 aromatic heterocycles. The average molecular weight is 885 g/mol. The Bertz CT molecular complexity index is 958. The van der Waals surface area contributed by atoms with Gasteiger partial charge in [-0.2, -0.15) is 0 Å². The topological polar surface area (TPSA) is 69.6 Å². The molecule has 0 fully saturated rings. The lowest BCUT2D eigenvalue weighted by atomic mass is 10.0. The normalized spacial score (nSPS) is 13.0. The van der Waals surface area contributed by atoms with E-state index in [1.165, 1.54) is 257 Å². The minimum atomic E-state index is -0.869. The van der Waals surface area contributed by atoms with Gasteiger partial charge in [0.1, 0.15) is 0 Å². The van der Waals surface area contributed by atoms with E-state index >= 15 is 0 Å². The lowest BCUT2D eigenvalue weighted by Gasteiger charge is -2.19. The fraction of sp³-hybridized carbons (Fsp3) is 0.881. The van der Waals surface area contributed by atoms with Gasteiger partial charge in [-0.3, -0.25) is 4.79 Å². The van der Waals surface area contributed by atoms with Crippen LogP contribution < -0.4 is 5.32 Å². The van der Waals surface area contributed by atoms with Gasteiger partial charge in [0.15, 0.2) is 0 Å². The zero-order chi connectivity index (χ0) is 45.6. The van der Waals surface area contributed by atoms with Crippen LogP contribution in [0.15, 0.2) is 36.5 Å². The summed E-state index contributed by atoms with van der Waals surface area (Å²) in [6.07, 6.45) is 74.6. The van der Waals surface area contributed by atoms with E-state index < -0.39 is 12.1 Å². The van der Waals surface area contributed by atoms with Crippen molar-refractivity contribution in [3.63, 3.8) is 0 Å². The lowest BCUT2D eigenvalue weighted by molar-refractivity contribution is -0.123. The number of hydrogen-bond acceptors (Lipinski definition) is 3. The summed E-state index contributed by atoms with van der Waals surface area (Å²) in [5.74, 6) is -0.0719. The second-order valence-corrected chi connectivity index (χ2v) is 19.7. The molecule has 0 saturated heterocycles. The number of nitrogens with one attached hydrogen (secondary N) is 1. The van der Waals surface area contributed by atoms with E-state index in [1.54, 1.807) is 6.08 Å². The number of allylic oxidation sites excluding steroid dienone is 5. The summed E-state index contributed by atoms with van der Waals surface area (Å²) in [6, 6.07) is -0.644. The van der Waals surface area contributed by atoms with Crippen LogP contribution in [0.5, 0.6) is 0 Å². The smallest absolute Gasteiger partial charge is 0.220 e. The molecule has 0 aromatic carbocycles. The first-order chi connectivity index (χ1) is 31.2. The van der Waals surface area contributed by atoms with E-state index in [1.807, 2.05) is 6.08 Å². The Labute approximate surface area is 395 Å². The van der Waals surface area contributed by atoms with Gasteiger partial charge >= 0.3 is 0 Å². The molecule has 0 heterocycles. The van der Waals surface area contributed by atoms with Crippen molar-refractivity contribution >= 4 is 5.91 Å². The predicted molar refractivity (Wildman–Crippen MR) is 281 cm³/mol. The lowest BCUT2D eigenvalue weighted by Crippen LogP contribution is -2.45. The van der Waals surface area contributed by atoms with E-state index in [0.29, 0.717) is 6.42 Å². The van der Waals surface area contributed by atoms with Crippen molar-refractivity contribution in [2.24, 2.45) is 0 Å². The maximum atomic E-state index is 12.5. The summed E-state index contributed by atoms with van der Waals surface area (Å²) in [4.78, 5) is 12.5. The molecule has 0 bridgehead atoms. The Morgan fingerprint density at radius 2 is 0.619 bits per heavy atom. The molecule has 0 aromatic rings. The van der Waals surface area contributed by atoms with Gasteiger partial charge < -0.3 is 15.5 Å². The minimum Gasteiger partial charge on any atom is -0.394 e. The van der Waals surface area contributed by atoms with Crippen LogP contribution in [0, 0.1) is 0 Å². The van der Waals surface area contributed by atoms with Crippen molar-refractivity contribution in [3.8, 4) is 0 Å². The van der Waals surface area contributed by atoms with Crippen LogP contribution in [0.3, 0.4) is 0 Å². The second kappa shape index (κ2) is 54.9. The van der Waals surface area contributed by atoms with Crippen LogP contribution in [-0.2, 0) is 4.79 Å². The second-order valence-electron chi connectivity index (χ2n) is 19.7. The third-order valence-electron chi connectivity index (χ3n) is 13.4. The number of carbonyl (C=O) groups is 1. The van der Waals surface area contributed by atoms with Crippen LogP contribution in [0.2, 0.25) is 0 Å². The fourth-order valence-corrected chi connectivity index (χ4v) is 8.98. The highest BCUT2D eigenvalue weighted by Crippen LogP contribution is 2.17. The Morgan fingerprint density at radius 1 is 0.365 bits per heavy atom. The van der Waals surface area contributed by atoms with Gasteiger partial charge in [-0.15, -0.1) is 0 Å². The molecule has 2 atom stereocenters. The van der Waals surface area contributed by atoms with Crippen molar-refractivity contribution in [2.45, 2.75) is 328 Å². The standard InChI is InChI=1S/C59H113NO3/c1-3-5-7-9-11-13-15-17-19-21-23-25-27-28-29-30-31-33-34-36-38-40-42-44-46-48-50-52-54-58(62)57(56-61)60-59(63)55-53-51-49-47-45-43-41-39-37-35-32-26-24-22-20-18-16-14-12-10-8-6-4-2/h36,38,44,46,52,54,57-58,61-62H,3-35,37,39-43,45,47-51,53,55-56H2,1-2H3,(H,60,63)/b38-36+,46-44+,54-52+. The maximum absolute atomic E-state index is 12.5. The molecule has 0 aliphatic rings. The molecule has 1 amide bonds. The SMILES string of the molecule is CCCCCCCCCCCCCCCCCCCC/C=C/CC/C=C/CC/C=C/C(O)C(CO)NC(=O)CCCCCCCCCCCCCCCCCCCCCCCCC. The molecule has 3 N–H and O–H groups in total. The quantitative estimate of drug-likeness (QED) is 0.0421. The molecule has 4 nitrogen and oxygen atoms in total. The maximum Gasteiger partial charge on any atom is 0.220 e. The summed E-state index contributed by atoms with van der Waals surface area (Å²) >= 11 is 0. The molecular formula is C59H113NO3. The average Bonchev–Trinajstić information content (AvgIpc) is 3.29. The Kier molecular flexibility index (Phi) is 53.7. The molecule has 2 unspecified atom stereocenters. The first kappa shape index (κ1) is 61.6. The third kappa shape index (κ3) is 51.5. The van der Waals surface area contributed by atoms with Crippen LogP contribution in [0.25, 0.3) is 0 Å². The van der Waals surface area contributed by atoms with Gasteiger partial charge in [-0.05, 0) is 44.9 Å². The molecule has 372 valence electrons. The summed E-state index contributed by atoms with van der Waals surface area (Å²) in [7, 11) is 0.